The van der Waals surface area contributed by atoms with Gasteiger partial charge in [0.05, 0.1) is 18.0 Å². The lowest BCUT2D eigenvalue weighted by atomic mass is 9.95. The summed E-state index contributed by atoms with van der Waals surface area (Å²) in [6.45, 7) is 0. The summed E-state index contributed by atoms with van der Waals surface area (Å²) >= 11 is 5.50. The van der Waals surface area contributed by atoms with Gasteiger partial charge in [0.25, 0.3) is 0 Å². The molecule has 0 N–H and O–H groups in total. The molecular formula is C16H21NO2S. The Labute approximate surface area is 125 Å². The van der Waals surface area contributed by atoms with E-state index < -0.39 is 0 Å². The third-order valence-corrected chi connectivity index (χ3v) is 4.76. The molecule has 1 aromatic carbocycles. The summed E-state index contributed by atoms with van der Waals surface area (Å²) in [4.78, 5) is 14.8. The van der Waals surface area contributed by atoms with Crippen LogP contribution in [0.3, 0.4) is 0 Å². The van der Waals surface area contributed by atoms with Crippen LogP contribution in [0.4, 0.5) is 0 Å². The molecule has 1 aliphatic rings. The monoisotopic (exact) mass is 291 g/mol. The van der Waals surface area contributed by atoms with Gasteiger partial charge in [-0.1, -0.05) is 42.5 Å². The van der Waals surface area contributed by atoms with Crippen molar-refractivity contribution in [2.24, 2.45) is 11.8 Å². The maximum absolute atomic E-state index is 12.0. The lowest BCUT2D eigenvalue weighted by Gasteiger charge is -2.23. The number of benzene rings is 1. The van der Waals surface area contributed by atoms with Crippen LogP contribution in [0, 0.1) is 11.8 Å². The number of esters is 1. The summed E-state index contributed by atoms with van der Waals surface area (Å²) in [5.74, 6) is 0.207. The van der Waals surface area contributed by atoms with E-state index >= 15 is 0 Å². The van der Waals surface area contributed by atoms with Gasteiger partial charge in [-0.05, 0) is 24.3 Å². The van der Waals surface area contributed by atoms with Gasteiger partial charge in [0, 0.05) is 20.0 Å². The van der Waals surface area contributed by atoms with Gasteiger partial charge in [-0.25, -0.2) is 0 Å². The molecule has 1 saturated carbocycles. The topological polar surface area (TPSA) is 29.5 Å². The van der Waals surface area contributed by atoms with E-state index in [0.29, 0.717) is 5.92 Å². The Hall–Kier alpha value is -1.42. The van der Waals surface area contributed by atoms with Crippen LogP contribution in [0.5, 0.6) is 0 Å². The number of thiocarbonyl (C=S) groups is 1. The van der Waals surface area contributed by atoms with Crippen molar-refractivity contribution in [2.75, 3.05) is 21.2 Å². The summed E-state index contributed by atoms with van der Waals surface area (Å²) < 4.78 is 4.96. The predicted molar refractivity (Wildman–Crippen MR) is 83.7 cm³/mol. The van der Waals surface area contributed by atoms with Crippen molar-refractivity contribution in [1.29, 1.82) is 0 Å². The van der Waals surface area contributed by atoms with E-state index in [-0.39, 0.29) is 17.8 Å². The van der Waals surface area contributed by atoms with Gasteiger partial charge >= 0.3 is 5.97 Å². The van der Waals surface area contributed by atoms with E-state index in [1.807, 2.05) is 37.2 Å². The molecule has 0 heterocycles. The van der Waals surface area contributed by atoms with E-state index in [4.69, 9.17) is 17.0 Å². The molecule has 0 spiro atoms. The van der Waals surface area contributed by atoms with Gasteiger partial charge in [0.1, 0.15) is 0 Å². The van der Waals surface area contributed by atoms with Gasteiger partial charge in [-0.3, -0.25) is 4.79 Å². The number of carbonyl (C=O) groups excluding carboxylic acids is 1. The maximum Gasteiger partial charge on any atom is 0.309 e. The maximum atomic E-state index is 12.0. The fourth-order valence-electron chi connectivity index (χ4n) is 3.05. The zero-order valence-electron chi connectivity index (χ0n) is 12.2. The minimum absolute atomic E-state index is 0.0951. The standard InChI is InChI=1S/C16H21NO2S/c1-17(2)15(20)13-9-12(10-14(13)16(18)19-3)11-7-5-4-6-8-11/h4-8,12-14H,9-10H2,1-3H3/t12-,13-,14+/m0/s1. The number of hydrogen-bond acceptors (Lipinski definition) is 3. The first kappa shape index (κ1) is 15.0. The zero-order chi connectivity index (χ0) is 14.7. The van der Waals surface area contributed by atoms with Crippen LogP contribution in [-0.4, -0.2) is 37.1 Å². The molecular weight excluding hydrogens is 270 g/mol. The van der Waals surface area contributed by atoms with Crippen LogP contribution in [0.25, 0.3) is 0 Å². The highest BCUT2D eigenvalue weighted by Gasteiger charge is 2.42. The Bertz CT molecular complexity index is 487. The SMILES string of the molecule is COC(=O)[C@@H]1C[C@@H](c2ccccc2)C[C@@H]1C(=S)N(C)C. The Kier molecular flexibility index (Phi) is 4.76. The van der Waals surface area contributed by atoms with Crippen LogP contribution < -0.4 is 0 Å². The van der Waals surface area contributed by atoms with Crippen molar-refractivity contribution in [3.05, 3.63) is 35.9 Å². The van der Waals surface area contributed by atoms with E-state index in [2.05, 4.69) is 12.1 Å². The Morgan fingerprint density at radius 3 is 2.35 bits per heavy atom. The largest absolute Gasteiger partial charge is 0.469 e. The quantitative estimate of drug-likeness (QED) is 0.632. The Morgan fingerprint density at radius 1 is 1.20 bits per heavy atom. The van der Waals surface area contributed by atoms with Crippen LogP contribution in [-0.2, 0) is 9.53 Å². The van der Waals surface area contributed by atoms with E-state index in [0.717, 1.165) is 17.8 Å². The van der Waals surface area contributed by atoms with Gasteiger partial charge < -0.3 is 9.64 Å². The number of hydrogen-bond donors (Lipinski definition) is 0. The highest BCUT2D eigenvalue weighted by molar-refractivity contribution is 7.80. The third-order valence-electron chi connectivity index (χ3n) is 4.10. The molecule has 0 aliphatic heterocycles. The average molecular weight is 291 g/mol. The first-order valence-corrected chi connectivity index (χ1v) is 7.29. The minimum atomic E-state index is -0.141. The number of carbonyl (C=O) groups is 1. The van der Waals surface area contributed by atoms with Crippen molar-refractivity contribution in [2.45, 2.75) is 18.8 Å². The van der Waals surface area contributed by atoms with Gasteiger partial charge in [0.15, 0.2) is 0 Å². The number of nitrogens with zero attached hydrogens (tertiary/aromatic N) is 1. The van der Waals surface area contributed by atoms with Crippen molar-refractivity contribution in [3.8, 4) is 0 Å². The van der Waals surface area contributed by atoms with Gasteiger partial charge in [-0.15, -0.1) is 0 Å². The summed E-state index contributed by atoms with van der Waals surface area (Å²) in [5, 5.41) is 0. The van der Waals surface area contributed by atoms with E-state index in [1.54, 1.807) is 0 Å². The highest BCUT2D eigenvalue weighted by atomic mass is 32.1. The van der Waals surface area contributed by atoms with Crippen molar-refractivity contribution < 1.29 is 9.53 Å². The van der Waals surface area contributed by atoms with Crippen LogP contribution in [0.2, 0.25) is 0 Å². The summed E-state index contributed by atoms with van der Waals surface area (Å²) in [5.41, 5.74) is 1.28. The molecule has 4 heteroatoms. The fourth-order valence-corrected chi connectivity index (χ4v) is 3.31. The average Bonchev–Trinajstić information content (AvgIpc) is 2.91. The van der Waals surface area contributed by atoms with E-state index in [9.17, 15) is 4.79 Å². The fraction of sp³-hybridized carbons (Fsp3) is 0.500. The van der Waals surface area contributed by atoms with E-state index in [1.165, 1.54) is 12.7 Å². The highest BCUT2D eigenvalue weighted by Crippen LogP contribution is 2.44. The van der Waals surface area contributed by atoms with Crippen molar-refractivity contribution >= 4 is 23.2 Å². The molecule has 0 radical (unpaired) electrons. The normalized spacial score (nSPS) is 25.2. The molecule has 0 bridgehead atoms. The van der Waals surface area contributed by atoms with Crippen LogP contribution >= 0.6 is 12.2 Å². The van der Waals surface area contributed by atoms with Gasteiger partial charge in [0.2, 0.25) is 0 Å². The molecule has 1 aromatic rings. The van der Waals surface area contributed by atoms with Crippen LogP contribution in [0.1, 0.15) is 24.3 Å². The zero-order valence-corrected chi connectivity index (χ0v) is 13.0. The number of rotatable bonds is 3. The van der Waals surface area contributed by atoms with Crippen molar-refractivity contribution in [3.63, 3.8) is 0 Å². The summed E-state index contributed by atoms with van der Waals surface area (Å²) in [6, 6.07) is 10.3. The van der Waals surface area contributed by atoms with Crippen molar-refractivity contribution in [1.82, 2.24) is 4.90 Å². The molecule has 1 fully saturated rings. The summed E-state index contributed by atoms with van der Waals surface area (Å²) in [7, 11) is 5.33. The molecule has 0 amide bonds. The smallest absolute Gasteiger partial charge is 0.309 e. The first-order chi connectivity index (χ1) is 9.54. The second-order valence-corrected chi connectivity index (χ2v) is 5.97. The molecule has 0 aromatic heterocycles. The van der Waals surface area contributed by atoms with Gasteiger partial charge in [-0.2, -0.15) is 0 Å². The summed E-state index contributed by atoms with van der Waals surface area (Å²) in [6.07, 6.45) is 1.73. The number of methoxy groups -OCH3 is 1. The molecule has 3 atom stereocenters. The molecule has 0 unspecified atom stereocenters. The Balaban J connectivity index is 2.22. The molecule has 20 heavy (non-hydrogen) atoms. The molecule has 108 valence electrons. The second kappa shape index (κ2) is 6.35. The third kappa shape index (κ3) is 3.01. The second-order valence-electron chi connectivity index (χ2n) is 5.55. The number of ether oxygens (including phenoxy) is 1. The molecule has 0 saturated heterocycles. The first-order valence-electron chi connectivity index (χ1n) is 6.88. The predicted octanol–water partition coefficient (Wildman–Crippen LogP) is 2.86. The molecule has 1 aliphatic carbocycles. The molecule has 3 nitrogen and oxygen atoms in total. The van der Waals surface area contributed by atoms with Crippen LogP contribution in [0.15, 0.2) is 30.3 Å². The lowest BCUT2D eigenvalue weighted by Crippen LogP contribution is -2.33. The Morgan fingerprint density at radius 2 is 1.80 bits per heavy atom. The molecule has 2 rings (SSSR count). The minimum Gasteiger partial charge on any atom is -0.469 e. The lowest BCUT2D eigenvalue weighted by molar-refractivity contribution is -0.145.